The Balaban J connectivity index is 1.85. The van der Waals surface area contributed by atoms with Crippen LogP contribution in [0.4, 0.5) is 19.3 Å². The van der Waals surface area contributed by atoms with E-state index in [0.717, 1.165) is 0 Å². The van der Waals surface area contributed by atoms with Gasteiger partial charge in [0.25, 0.3) is 5.92 Å². The van der Waals surface area contributed by atoms with E-state index in [1.807, 2.05) is 0 Å². The van der Waals surface area contributed by atoms with Gasteiger partial charge in [0, 0.05) is 12.8 Å². The number of rotatable bonds is 4. The van der Waals surface area contributed by atoms with E-state index in [4.69, 9.17) is 5.11 Å². The first-order chi connectivity index (χ1) is 10.9. The number of carboxylic acid groups (broad SMARTS) is 1. The second-order valence-corrected chi connectivity index (χ2v) is 5.41. The van der Waals surface area contributed by atoms with Crippen LogP contribution in [0.3, 0.4) is 0 Å². The van der Waals surface area contributed by atoms with Crippen LogP contribution in [0.25, 0.3) is 5.69 Å². The summed E-state index contributed by atoms with van der Waals surface area (Å²) in [7, 11) is 0. The molecule has 2 unspecified atom stereocenters. The van der Waals surface area contributed by atoms with Crippen molar-refractivity contribution in [3.63, 3.8) is 0 Å². The predicted molar refractivity (Wildman–Crippen MR) is 77.9 cm³/mol. The minimum absolute atomic E-state index is 0.446. The van der Waals surface area contributed by atoms with Gasteiger partial charge in [-0.3, -0.25) is 0 Å². The molecule has 3 N–H and O–H groups in total. The number of nitrogens with one attached hydrogen (secondary N) is 2. The highest BCUT2D eigenvalue weighted by molar-refractivity contribution is 5.66. The first-order valence-electron chi connectivity index (χ1n) is 7.04. The zero-order valence-corrected chi connectivity index (χ0v) is 12.0. The number of hydrogen-bond acceptors (Lipinski definition) is 4. The molecule has 0 radical (unpaired) electrons. The van der Waals surface area contributed by atoms with Gasteiger partial charge in [0.2, 0.25) is 0 Å². The van der Waals surface area contributed by atoms with Gasteiger partial charge >= 0.3 is 6.09 Å². The molecule has 1 heterocycles. The highest BCUT2D eigenvalue weighted by atomic mass is 19.3. The fourth-order valence-electron chi connectivity index (χ4n) is 2.78. The molecule has 1 amide bonds. The number of anilines is 1. The zero-order valence-electron chi connectivity index (χ0n) is 12.0. The Kier molecular flexibility index (Phi) is 3.85. The number of carbonyl (C=O) groups is 1. The van der Waals surface area contributed by atoms with Crippen molar-refractivity contribution in [1.82, 2.24) is 20.3 Å². The maximum absolute atomic E-state index is 13.7. The number of benzene rings is 1. The van der Waals surface area contributed by atoms with Crippen molar-refractivity contribution in [2.75, 3.05) is 5.32 Å². The average molecular weight is 323 g/mol. The van der Waals surface area contributed by atoms with E-state index >= 15 is 0 Å². The predicted octanol–water partition coefficient (Wildman–Crippen LogP) is 2.11. The number of alkyl halides is 2. The molecule has 0 saturated heterocycles. The van der Waals surface area contributed by atoms with Crippen molar-refractivity contribution in [2.45, 2.75) is 30.8 Å². The van der Waals surface area contributed by atoms with E-state index in [-0.39, 0.29) is 0 Å². The molecule has 1 aliphatic carbocycles. The fourth-order valence-corrected chi connectivity index (χ4v) is 2.78. The van der Waals surface area contributed by atoms with E-state index in [0.29, 0.717) is 11.4 Å². The van der Waals surface area contributed by atoms with E-state index < -0.39 is 36.9 Å². The van der Waals surface area contributed by atoms with Gasteiger partial charge < -0.3 is 15.7 Å². The largest absolute Gasteiger partial charge is 0.465 e. The summed E-state index contributed by atoms with van der Waals surface area (Å²) in [5, 5.41) is 22.0. The summed E-state index contributed by atoms with van der Waals surface area (Å²) in [6.07, 6.45) is 0.726. The van der Waals surface area contributed by atoms with Crippen molar-refractivity contribution in [2.24, 2.45) is 0 Å². The van der Waals surface area contributed by atoms with Crippen LogP contribution in [-0.4, -0.2) is 44.2 Å². The molecule has 1 aliphatic rings. The van der Waals surface area contributed by atoms with Crippen molar-refractivity contribution in [3.05, 3.63) is 36.7 Å². The van der Waals surface area contributed by atoms with Crippen molar-refractivity contribution in [1.29, 1.82) is 0 Å². The maximum Gasteiger partial charge on any atom is 0.404 e. The lowest BCUT2D eigenvalue weighted by Gasteiger charge is -2.22. The Hall–Kier alpha value is -2.71. The summed E-state index contributed by atoms with van der Waals surface area (Å²) < 4.78 is 27.3. The van der Waals surface area contributed by atoms with Gasteiger partial charge in [-0.15, -0.1) is 4.80 Å². The minimum Gasteiger partial charge on any atom is -0.465 e. The van der Waals surface area contributed by atoms with Crippen LogP contribution < -0.4 is 10.6 Å². The molecular weight excluding hydrogens is 308 g/mol. The average Bonchev–Trinajstić information content (AvgIpc) is 3.07. The molecule has 3 rings (SSSR count). The smallest absolute Gasteiger partial charge is 0.404 e. The first-order valence-corrected chi connectivity index (χ1v) is 7.04. The first kappa shape index (κ1) is 15.2. The molecule has 9 heteroatoms. The normalized spacial score (nSPS) is 22.7. The molecule has 0 spiro atoms. The molecule has 0 bridgehead atoms. The lowest BCUT2D eigenvalue weighted by molar-refractivity contribution is 0.00655. The SMILES string of the molecule is O=C(O)NC1CC(F)(F)CC1Nc1ccccc1-n1nccn1. The molecule has 1 saturated carbocycles. The molecule has 1 aromatic carbocycles. The van der Waals surface area contributed by atoms with Gasteiger partial charge in [-0.1, -0.05) is 12.1 Å². The third-order valence-electron chi connectivity index (χ3n) is 3.71. The Labute approximate surface area is 130 Å². The van der Waals surface area contributed by atoms with Crippen LogP contribution in [0, 0.1) is 0 Å². The summed E-state index contributed by atoms with van der Waals surface area (Å²) >= 11 is 0. The van der Waals surface area contributed by atoms with Gasteiger partial charge in [-0.2, -0.15) is 10.2 Å². The molecular formula is C14H15F2N5O2. The third kappa shape index (κ3) is 3.38. The van der Waals surface area contributed by atoms with Crippen LogP contribution >= 0.6 is 0 Å². The van der Waals surface area contributed by atoms with E-state index in [1.54, 1.807) is 24.3 Å². The summed E-state index contributed by atoms with van der Waals surface area (Å²) in [6.45, 7) is 0. The molecule has 2 aromatic rings. The van der Waals surface area contributed by atoms with Crippen LogP contribution in [0.2, 0.25) is 0 Å². The Morgan fingerprint density at radius 2 is 1.87 bits per heavy atom. The number of amides is 1. The Bertz CT molecular complexity index is 692. The fraction of sp³-hybridized carbons (Fsp3) is 0.357. The van der Waals surface area contributed by atoms with Crippen LogP contribution in [0.1, 0.15) is 12.8 Å². The van der Waals surface area contributed by atoms with Gasteiger partial charge in [0.1, 0.15) is 5.69 Å². The Morgan fingerprint density at radius 3 is 2.57 bits per heavy atom. The van der Waals surface area contributed by atoms with Crippen LogP contribution in [0.5, 0.6) is 0 Å². The second kappa shape index (κ2) is 5.82. The number of halogens is 2. The van der Waals surface area contributed by atoms with E-state index in [2.05, 4.69) is 20.8 Å². The molecule has 1 fully saturated rings. The maximum atomic E-state index is 13.7. The molecule has 0 aliphatic heterocycles. The lowest BCUT2D eigenvalue weighted by atomic mass is 10.1. The number of hydrogen-bond donors (Lipinski definition) is 3. The molecule has 1 aromatic heterocycles. The van der Waals surface area contributed by atoms with Crippen LogP contribution in [0.15, 0.2) is 36.7 Å². The van der Waals surface area contributed by atoms with Crippen molar-refractivity contribution >= 4 is 11.8 Å². The molecule has 122 valence electrons. The highest BCUT2D eigenvalue weighted by Gasteiger charge is 2.47. The summed E-state index contributed by atoms with van der Waals surface area (Å²) in [6, 6.07) is 5.39. The van der Waals surface area contributed by atoms with Crippen LogP contribution in [-0.2, 0) is 0 Å². The van der Waals surface area contributed by atoms with Crippen molar-refractivity contribution < 1.29 is 18.7 Å². The lowest BCUT2D eigenvalue weighted by Crippen LogP contribution is -2.42. The van der Waals surface area contributed by atoms with Gasteiger partial charge in [0.15, 0.2) is 0 Å². The third-order valence-corrected chi connectivity index (χ3v) is 3.71. The number of para-hydroxylation sites is 2. The quantitative estimate of drug-likeness (QED) is 0.801. The molecule has 7 nitrogen and oxygen atoms in total. The Morgan fingerprint density at radius 1 is 1.22 bits per heavy atom. The highest BCUT2D eigenvalue weighted by Crippen LogP contribution is 2.37. The van der Waals surface area contributed by atoms with E-state index in [1.165, 1.54) is 17.2 Å². The summed E-state index contributed by atoms with van der Waals surface area (Å²) in [5.74, 6) is -2.91. The van der Waals surface area contributed by atoms with Crippen molar-refractivity contribution in [3.8, 4) is 5.69 Å². The number of aromatic nitrogens is 3. The molecule has 23 heavy (non-hydrogen) atoms. The van der Waals surface area contributed by atoms with E-state index in [9.17, 15) is 13.6 Å². The number of nitrogens with zero attached hydrogens (tertiary/aromatic N) is 3. The van der Waals surface area contributed by atoms with Gasteiger partial charge in [0.05, 0.1) is 30.2 Å². The second-order valence-electron chi connectivity index (χ2n) is 5.41. The summed E-state index contributed by atoms with van der Waals surface area (Å²) in [4.78, 5) is 12.2. The standard InChI is InChI=1S/C14H15F2N5O2/c15-14(16)7-10(11(8-14)20-13(22)23)19-9-3-1-2-4-12(9)21-17-5-6-18-21/h1-6,10-11,19-20H,7-8H2,(H,22,23). The van der Waals surface area contributed by atoms with Gasteiger partial charge in [-0.25, -0.2) is 13.6 Å². The minimum atomic E-state index is -2.91. The zero-order chi connectivity index (χ0) is 16.4. The summed E-state index contributed by atoms with van der Waals surface area (Å²) in [5.41, 5.74) is 1.16. The van der Waals surface area contributed by atoms with Gasteiger partial charge in [-0.05, 0) is 12.1 Å². The molecule has 2 atom stereocenters. The monoisotopic (exact) mass is 323 g/mol. The topological polar surface area (TPSA) is 92.1 Å².